The molecule has 0 heterocycles. The lowest BCUT2D eigenvalue weighted by atomic mass is 10.2. The van der Waals surface area contributed by atoms with Gasteiger partial charge in [-0.2, -0.15) is 0 Å². The third kappa shape index (κ3) is 3.61. The number of hydrogen-bond donors (Lipinski definition) is 0. The highest BCUT2D eigenvalue weighted by Crippen LogP contribution is 2.22. The van der Waals surface area contributed by atoms with Crippen LogP contribution in [0.1, 0.15) is 17.3 Å². The van der Waals surface area contributed by atoms with Crippen LogP contribution in [0.2, 0.25) is 0 Å². The lowest BCUT2D eigenvalue weighted by Gasteiger charge is -2.21. The smallest absolute Gasteiger partial charge is 0.152 e. The fraction of sp³-hybridized carbons (Fsp3) is 0.417. The molecule has 0 aliphatic rings. The molecule has 4 heteroatoms. The van der Waals surface area contributed by atoms with E-state index in [4.69, 9.17) is 4.74 Å². The molecular formula is C12H16BrNO2. The molecule has 0 saturated heterocycles. The van der Waals surface area contributed by atoms with E-state index in [1.54, 1.807) is 0 Å². The molecule has 0 saturated carbocycles. The highest BCUT2D eigenvalue weighted by molar-refractivity contribution is 9.10. The Bertz CT molecular complexity index is 355. The fourth-order valence-electron chi connectivity index (χ4n) is 1.41. The van der Waals surface area contributed by atoms with Crippen LogP contribution < -0.4 is 4.90 Å². The number of nitrogens with zero attached hydrogens (tertiary/aromatic N) is 1. The first kappa shape index (κ1) is 13.2. The summed E-state index contributed by atoms with van der Waals surface area (Å²) in [4.78, 5) is 12.9. The summed E-state index contributed by atoms with van der Waals surface area (Å²) in [5.41, 5.74) is 1.62. The standard InChI is InChI=1S/C12H16BrNO2/c1-3-16-7-6-14(2)12-8-11(13)5-4-10(12)9-15/h4-5,8-9H,3,6-7H2,1-2H3. The van der Waals surface area contributed by atoms with Gasteiger partial charge in [-0.25, -0.2) is 0 Å². The predicted molar refractivity (Wildman–Crippen MR) is 69.3 cm³/mol. The van der Waals surface area contributed by atoms with Crippen molar-refractivity contribution in [3.8, 4) is 0 Å². The van der Waals surface area contributed by atoms with Crippen molar-refractivity contribution >= 4 is 27.9 Å². The van der Waals surface area contributed by atoms with Crippen LogP contribution in [0.15, 0.2) is 22.7 Å². The SMILES string of the molecule is CCOCCN(C)c1cc(Br)ccc1C=O. The summed E-state index contributed by atoms with van der Waals surface area (Å²) in [6.07, 6.45) is 0.874. The highest BCUT2D eigenvalue weighted by Gasteiger charge is 2.07. The molecule has 0 amide bonds. The Morgan fingerprint density at radius 2 is 2.25 bits per heavy atom. The Morgan fingerprint density at radius 1 is 1.50 bits per heavy atom. The topological polar surface area (TPSA) is 29.5 Å². The number of carbonyl (C=O) groups excluding carboxylic acids is 1. The van der Waals surface area contributed by atoms with Crippen molar-refractivity contribution in [2.24, 2.45) is 0 Å². The van der Waals surface area contributed by atoms with Crippen molar-refractivity contribution < 1.29 is 9.53 Å². The predicted octanol–water partition coefficient (Wildman–Crippen LogP) is 2.73. The summed E-state index contributed by atoms with van der Waals surface area (Å²) in [6, 6.07) is 5.61. The summed E-state index contributed by atoms with van der Waals surface area (Å²) >= 11 is 3.40. The number of likely N-dealkylation sites (N-methyl/N-ethyl adjacent to an activating group) is 1. The molecule has 0 radical (unpaired) electrons. The van der Waals surface area contributed by atoms with Gasteiger partial charge in [-0.3, -0.25) is 4.79 Å². The zero-order valence-corrected chi connectivity index (χ0v) is 11.2. The molecule has 0 aromatic heterocycles. The number of rotatable bonds is 6. The van der Waals surface area contributed by atoms with Crippen molar-refractivity contribution in [3.05, 3.63) is 28.2 Å². The lowest BCUT2D eigenvalue weighted by molar-refractivity contribution is 0.112. The number of anilines is 1. The van der Waals surface area contributed by atoms with Gasteiger partial charge in [-0.1, -0.05) is 15.9 Å². The largest absolute Gasteiger partial charge is 0.380 e. The Hall–Kier alpha value is -0.870. The number of hydrogen-bond acceptors (Lipinski definition) is 3. The Labute approximate surface area is 105 Å². The number of carbonyl (C=O) groups is 1. The number of halogens is 1. The maximum atomic E-state index is 10.9. The van der Waals surface area contributed by atoms with Gasteiger partial charge in [0.15, 0.2) is 6.29 Å². The van der Waals surface area contributed by atoms with Gasteiger partial charge in [0.25, 0.3) is 0 Å². The number of aldehydes is 1. The van der Waals surface area contributed by atoms with Crippen LogP contribution in [-0.4, -0.2) is 33.1 Å². The first-order chi connectivity index (χ1) is 7.69. The maximum absolute atomic E-state index is 10.9. The van der Waals surface area contributed by atoms with Crippen molar-refractivity contribution in [3.63, 3.8) is 0 Å². The van der Waals surface area contributed by atoms with Gasteiger partial charge in [-0.05, 0) is 25.1 Å². The zero-order valence-electron chi connectivity index (χ0n) is 9.57. The molecule has 0 N–H and O–H groups in total. The molecule has 1 aromatic rings. The third-order valence-corrected chi connectivity index (χ3v) is 2.80. The van der Waals surface area contributed by atoms with Crippen LogP contribution in [0.5, 0.6) is 0 Å². The van der Waals surface area contributed by atoms with Gasteiger partial charge in [0.2, 0.25) is 0 Å². The monoisotopic (exact) mass is 285 g/mol. The zero-order chi connectivity index (χ0) is 12.0. The van der Waals surface area contributed by atoms with Gasteiger partial charge in [0.05, 0.1) is 6.61 Å². The maximum Gasteiger partial charge on any atom is 0.152 e. The average molecular weight is 286 g/mol. The molecule has 0 fully saturated rings. The van der Waals surface area contributed by atoms with E-state index in [0.29, 0.717) is 18.8 Å². The van der Waals surface area contributed by atoms with E-state index in [1.807, 2.05) is 37.1 Å². The minimum Gasteiger partial charge on any atom is -0.380 e. The second kappa shape index (κ2) is 6.66. The number of benzene rings is 1. The molecule has 3 nitrogen and oxygen atoms in total. The summed E-state index contributed by atoms with van der Waals surface area (Å²) < 4.78 is 6.26. The van der Waals surface area contributed by atoms with Crippen LogP contribution in [-0.2, 0) is 4.74 Å². The Kier molecular flexibility index (Phi) is 5.49. The van der Waals surface area contributed by atoms with Crippen molar-refractivity contribution in [1.29, 1.82) is 0 Å². The quantitative estimate of drug-likeness (QED) is 0.595. The summed E-state index contributed by atoms with van der Waals surface area (Å²) in [6.45, 7) is 4.12. The number of ether oxygens (including phenoxy) is 1. The third-order valence-electron chi connectivity index (χ3n) is 2.31. The first-order valence-corrected chi connectivity index (χ1v) is 6.02. The Morgan fingerprint density at radius 3 is 2.88 bits per heavy atom. The summed E-state index contributed by atoms with van der Waals surface area (Å²) in [5.74, 6) is 0. The van der Waals surface area contributed by atoms with Crippen molar-refractivity contribution in [2.75, 3.05) is 31.7 Å². The molecule has 0 spiro atoms. The van der Waals surface area contributed by atoms with Crippen LogP contribution in [0.4, 0.5) is 5.69 Å². The molecule has 1 rings (SSSR count). The molecule has 88 valence electrons. The van der Waals surface area contributed by atoms with Crippen LogP contribution in [0.3, 0.4) is 0 Å². The van der Waals surface area contributed by atoms with Crippen LogP contribution >= 0.6 is 15.9 Å². The van der Waals surface area contributed by atoms with E-state index in [0.717, 1.165) is 23.0 Å². The fourth-order valence-corrected chi connectivity index (χ4v) is 1.76. The molecule has 16 heavy (non-hydrogen) atoms. The first-order valence-electron chi connectivity index (χ1n) is 5.22. The highest BCUT2D eigenvalue weighted by atomic mass is 79.9. The second-order valence-electron chi connectivity index (χ2n) is 3.44. The molecular weight excluding hydrogens is 270 g/mol. The van der Waals surface area contributed by atoms with E-state index in [-0.39, 0.29) is 0 Å². The molecule has 1 aromatic carbocycles. The molecule has 0 aliphatic carbocycles. The van der Waals surface area contributed by atoms with E-state index in [2.05, 4.69) is 15.9 Å². The summed E-state index contributed by atoms with van der Waals surface area (Å²) in [7, 11) is 1.95. The molecule has 0 bridgehead atoms. The normalized spacial score (nSPS) is 10.2. The van der Waals surface area contributed by atoms with Gasteiger partial charge >= 0.3 is 0 Å². The minimum atomic E-state index is 0.664. The lowest BCUT2D eigenvalue weighted by Crippen LogP contribution is -2.23. The van der Waals surface area contributed by atoms with Crippen LogP contribution in [0, 0.1) is 0 Å². The van der Waals surface area contributed by atoms with Crippen molar-refractivity contribution in [1.82, 2.24) is 0 Å². The van der Waals surface area contributed by atoms with Gasteiger partial charge in [0, 0.05) is 35.9 Å². The second-order valence-corrected chi connectivity index (χ2v) is 4.36. The van der Waals surface area contributed by atoms with E-state index in [1.165, 1.54) is 0 Å². The molecule has 0 atom stereocenters. The van der Waals surface area contributed by atoms with E-state index < -0.39 is 0 Å². The van der Waals surface area contributed by atoms with Crippen LogP contribution in [0.25, 0.3) is 0 Å². The van der Waals surface area contributed by atoms with Gasteiger partial charge < -0.3 is 9.64 Å². The summed E-state index contributed by atoms with van der Waals surface area (Å²) in [5, 5.41) is 0. The molecule has 0 unspecified atom stereocenters. The van der Waals surface area contributed by atoms with Gasteiger partial charge in [0.1, 0.15) is 0 Å². The average Bonchev–Trinajstić information content (AvgIpc) is 2.29. The van der Waals surface area contributed by atoms with Crippen molar-refractivity contribution in [2.45, 2.75) is 6.92 Å². The van der Waals surface area contributed by atoms with E-state index >= 15 is 0 Å². The van der Waals surface area contributed by atoms with Gasteiger partial charge in [-0.15, -0.1) is 0 Å². The minimum absolute atomic E-state index is 0.664. The molecule has 0 aliphatic heterocycles. The Balaban J connectivity index is 2.76. The van der Waals surface area contributed by atoms with E-state index in [9.17, 15) is 4.79 Å².